The number of fused-ring (bicyclic) bond motifs is 1. The minimum atomic E-state index is -0.655. The van der Waals surface area contributed by atoms with Crippen molar-refractivity contribution in [2.24, 2.45) is 0 Å². The highest BCUT2D eigenvalue weighted by Crippen LogP contribution is 2.31. The van der Waals surface area contributed by atoms with Gasteiger partial charge in [0.05, 0.1) is 12.3 Å². The molecule has 0 fully saturated rings. The van der Waals surface area contributed by atoms with Crippen LogP contribution >= 0.6 is 0 Å². The molecule has 0 spiro atoms. The lowest BCUT2D eigenvalue weighted by atomic mass is 10.1. The summed E-state index contributed by atoms with van der Waals surface area (Å²) in [5, 5.41) is 2.83. The Morgan fingerprint density at radius 3 is 2.38 bits per heavy atom. The van der Waals surface area contributed by atoms with E-state index in [1.165, 1.54) is 0 Å². The molecule has 2 N–H and O–H groups in total. The van der Waals surface area contributed by atoms with Crippen LogP contribution in [0.3, 0.4) is 0 Å². The number of benzene rings is 3. The maximum absolute atomic E-state index is 12.4. The standard InChI is InChI=1S/C23H20N2O4/c26-22(25-28-15-17-9-5-2-6-10-17)18-11-12-19-20(14-18)29-21(23(27)24-19)13-16-7-3-1-4-8-16/h1-12,14,21H,13,15H2,(H,24,27)(H,25,26)/t21-/m1/s1. The third-order valence-electron chi connectivity index (χ3n) is 4.57. The van der Waals surface area contributed by atoms with Crippen LogP contribution in [0.4, 0.5) is 5.69 Å². The Bertz CT molecular complexity index is 1010. The molecule has 6 heteroatoms. The lowest BCUT2D eigenvalue weighted by Crippen LogP contribution is -2.38. The van der Waals surface area contributed by atoms with Crippen molar-refractivity contribution in [3.63, 3.8) is 0 Å². The molecule has 0 saturated carbocycles. The highest BCUT2D eigenvalue weighted by Gasteiger charge is 2.28. The first-order valence-corrected chi connectivity index (χ1v) is 9.30. The summed E-state index contributed by atoms with van der Waals surface area (Å²) in [6, 6.07) is 24.1. The van der Waals surface area contributed by atoms with Crippen molar-refractivity contribution in [1.29, 1.82) is 0 Å². The molecule has 146 valence electrons. The van der Waals surface area contributed by atoms with Crippen LogP contribution < -0.4 is 15.5 Å². The SMILES string of the molecule is O=C(NOCc1ccccc1)c1ccc2c(c1)O[C@H](Cc1ccccc1)C(=O)N2. The first-order valence-electron chi connectivity index (χ1n) is 9.30. The minimum Gasteiger partial charge on any atom is -0.478 e. The summed E-state index contributed by atoms with van der Waals surface area (Å²) in [6.07, 6.45) is -0.208. The van der Waals surface area contributed by atoms with Gasteiger partial charge in [0.15, 0.2) is 6.10 Å². The number of anilines is 1. The van der Waals surface area contributed by atoms with Gasteiger partial charge in [0.25, 0.3) is 11.8 Å². The summed E-state index contributed by atoms with van der Waals surface area (Å²) in [5.41, 5.74) is 5.31. The van der Waals surface area contributed by atoms with E-state index in [2.05, 4.69) is 10.8 Å². The van der Waals surface area contributed by atoms with Crippen LogP contribution in [-0.4, -0.2) is 17.9 Å². The summed E-state index contributed by atoms with van der Waals surface area (Å²) in [7, 11) is 0. The molecule has 2 amide bonds. The molecule has 3 aromatic rings. The van der Waals surface area contributed by atoms with E-state index < -0.39 is 6.10 Å². The van der Waals surface area contributed by atoms with Crippen LogP contribution in [0.25, 0.3) is 0 Å². The van der Waals surface area contributed by atoms with Crippen molar-refractivity contribution in [3.05, 3.63) is 95.6 Å². The molecule has 0 saturated heterocycles. The van der Waals surface area contributed by atoms with Crippen LogP contribution in [0, 0.1) is 0 Å². The molecule has 0 bridgehead atoms. The van der Waals surface area contributed by atoms with Gasteiger partial charge in [-0.05, 0) is 29.3 Å². The van der Waals surface area contributed by atoms with E-state index in [1.807, 2.05) is 60.7 Å². The number of carbonyl (C=O) groups is 2. The topological polar surface area (TPSA) is 76.7 Å². The van der Waals surface area contributed by atoms with Gasteiger partial charge >= 0.3 is 0 Å². The first-order chi connectivity index (χ1) is 14.2. The maximum Gasteiger partial charge on any atom is 0.274 e. The number of carbonyl (C=O) groups excluding carboxylic acids is 2. The molecule has 6 nitrogen and oxygen atoms in total. The number of ether oxygens (including phenoxy) is 1. The van der Waals surface area contributed by atoms with Crippen molar-refractivity contribution >= 4 is 17.5 Å². The molecule has 0 unspecified atom stereocenters. The van der Waals surface area contributed by atoms with Crippen molar-refractivity contribution in [2.45, 2.75) is 19.1 Å². The number of nitrogens with one attached hydrogen (secondary N) is 2. The molecule has 0 aromatic heterocycles. The number of hydrogen-bond donors (Lipinski definition) is 2. The average molecular weight is 388 g/mol. The van der Waals surface area contributed by atoms with E-state index in [9.17, 15) is 9.59 Å². The van der Waals surface area contributed by atoms with Gasteiger partial charge in [-0.25, -0.2) is 5.48 Å². The Morgan fingerprint density at radius 2 is 1.66 bits per heavy atom. The fourth-order valence-electron chi connectivity index (χ4n) is 3.07. The predicted molar refractivity (Wildman–Crippen MR) is 108 cm³/mol. The number of hydrogen-bond acceptors (Lipinski definition) is 4. The van der Waals surface area contributed by atoms with Gasteiger partial charge in [0.1, 0.15) is 5.75 Å². The van der Waals surface area contributed by atoms with E-state index in [0.29, 0.717) is 23.4 Å². The summed E-state index contributed by atoms with van der Waals surface area (Å²) >= 11 is 0. The smallest absolute Gasteiger partial charge is 0.274 e. The van der Waals surface area contributed by atoms with Crippen LogP contribution in [-0.2, 0) is 22.7 Å². The second-order valence-corrected chi connectivity index (χ2v) is 6.70. The van der Waals surface area contributed by atoms with Crippen LogP contribution in [0.5, 0.6) is 5.75 Å². The second-order valence-electron chi connectivity index (χ2n) is 6.70. The number of hydroxylamine groups is 1. The second kappa shape index (κ2) is 8.58. The zero-order valence-corrected chi connectivity index (χ0v) is 15.6. The number of amides is 2. The Kier molecular flexibility index (Phi) is 5.54. The Hall–Kier alpha value is -3.64. The number of rotatable bonds is 6. The average Bonchev–Trinajstić information content (AvgIpc) is 2.75. The van der Waals surface area contributed by atoms with Crippen molar-refractivity contribution in [3.8, 4) is 5.75 Å². The first kappa shape index (κ1) is 18.7. The van der Waals surface area contributed by atoms with Gasteiger partial charge in [-0.15, -0.1) is 0 Å². The normalized spacial score (nSPS) is 15.0. The fraction of sp³-hybridized carbons (Fsp3) is 0.130. The lowest BCUT2D eigenvalue weighted by molar-refractivity contribution is -0.123. The lowest BCUT2D eigenvalue weighted by Gasteiger charge is -2.26. The van der Waals surface area contributed by atoms with E-state index in [0.717, 1.165) is 11.1 Å². The van der Waals surface area contributed by atoms with Crippen molar-refractivity contribution in [2.75, 3.05) is 5.32 Å². The van der Waals surface area contributed by atoms with E-state index in [4.69, 9.17) is 9.57 Å². The third-order valence-corrected chi connectivity index (χ3v) is 4.57. The van der Waals surface area contributed by atoms with E-state index in [1.54, 1.807) is 18.2 Å². The summed E-state index contributed by atoms with van der Waals surface area (Å²) < 4.78 is 5.88. The molecule has 1 aliphatic rings. The van der Waals surface area contributed by atoms with Gasteiger partial charge in [0, 0.05) is 12.0 Å². The predicted octanol–water partition coefficient (Wildman–Crippen LogP) is 3.49. The molecule has 0 radical (unpaired) electrons. The fourth-order valence-corrected chi connectivity index (χ4v) is 3.07. The third kappa shape index (κ3) is 4.62. The Labute approximate surface area is 168 Å². The van der Waals surface area contributed by atoms with Gasteiger partial charge in [-0.2, -0.15) is 0 Å². The van der Waals surface area contributed by atoms with Gasteiger partial charge in [0.2, 0.25) is 0 Å². The molecule has 1 aliphatic heterocycles. The van der Waals surface area contributed by atoms with Crippen LogP contribution in [0.1, 0.15) is 21.5 Å². The summed E-state index contributed by atoms with van der Waals surface area (Å²) in [5.74, 6) is -0.130. The highest BCUT2D eigenvalue weighted by atomic mass is 16.6. The monoisotopic (exact) mass is 388 g/mol. The summed E-state index contributed by atoms with van der Waals surface area (Å²) in [6.45, 7) is 0.267. The molecular weight excluding hydrogens is 368 g/mol. The Morgan fingerprint density at radius 1 is 0.966 bits per heavy atom. The van der Waals surface area contributed by atoms with Gasteiger partial charge in [-0.3, -0.25) is 14.4 Å². The highest BCUT2D eigenvalue weighted by molar-refractivity contribution is 6.00. The molecule has 3 aromatic carbocycles. The molecule has 0 aliphatic carbocycles. The molecule has 1 atom stereocenters. The largest absolute Gasteiger partial charge is 0.478 e. The van der Waals surface area contributed by atoms with Crippen molar-refractivity contribution < 1.29 is 19.2 Å². The summed E-state index contributed by atoms with van der Waals surface area (Å²) in [4.78, 5) is 30.0. The maximum atomic E-state index is 12.4. The molecule has 4 rings (SSSR count). The van der Waals surface area contributed by atoms with Gasteiger partial charge in [-0.1, -0.05) is 60.7 Å². The van der Waals surface area contributed by atoms with E-state index in [-0.39, 0.29) is 18.4 Å². The molecule has 29 heavy (non-hydrogen) atoms. The minimum absolute atomic E-state index is 0.204. The van der Waals surface area contributed by atoms with Crippen LogP contribution in [0.2, 0.25) is 0 Å². The molecular formula is C23H20N2O4. The molecule has 1 heterocycles. The zero-order chi connectivity index (χ0) is 20.1. The Balaban J connectivity index is 1.40. The van der Waals surface area contributed by atoms with E-state index >= 15 is 0 Å². The quantitative estimate of drug-likeness (QED) is 0.634. The van der Waals surface area contributed by atoms with Crippen molar-refractivity contribution in [1.82, 2.24) is 5.48 Å². The van der Waals surface area contributed by atoms with Gasteiger partial charge < -0.3 is 10.1 Å². The van der Waals surface area contributed by atoms with Crippen LogP contribution in [0.15, 0.2) is 78.9 Å². The zero-order valence-electron chi connectivity index (χ0n) is 15.6.